The van der Waals surface area contributed by atoms with Gasteiger partial charge in [-0.05, 0) is 25.5 Å². The van der Waals surface area contributed by atoms with Gasteiger partial charge in [0, 0.05) is 18.3 Å². The monoisotopic (exact) mass is 298 g/mol. The van der Waals surface area contributed by atoms with Gasteiger partial charge in [0.2, 0.25) is 0 Å². The van der Waals surface area contributed by atoms with Gasteiger partial charge in [0.25, 0.3) is 0 Å². The van der Waals surface area contributed by atoms with Crippen LogP contribution in [0.5, 0.6) is 5.75 Å². The Morgan fingerprint density at radius 3 is 2.80 bits per heavy atom. The number of nitrogens with zero attached hydrogens (tertiary/aromatic N) is 1. The topological polar surface area (TPSA) is 68.3 Å². The summed E-state index contributed by atoms with van der Waals surface area (Å²) in [5, 5.41) is 3.31. The summed E-state index contributed by atoms with van der Waals surface area (Å²) in [5.74, 6) is 1.01. The van der Waals surface area contributed by atoms with Gasteiger partial charge < -0.3 is 10.1 Å². The summed E-state index contributed by atoms with van der Waals surface area (Å²) in [5.41, 5.74) is 1.76. The average molecular weight is 298 g/mol. The van der Waals surface area contributed by atoms with Crippen LogP contribution in [0.4, 0.5) is 0 Å². The van der Waals surface area contributed by atoms with Crippen LogP contribution in [-0.2, 0) is 16.4 Å². The van der Waals surface area contributed by atoms with Gasteiger partial charge in [-0.1, -0.05) is 13.8 Å². The molecule has 1 saturated heterocycles. The van der Waals surface area contributed by atoms with Gasteiger partial charge >= 0.3 is 0 Å². The highest BCUT2D eigenvalue weighted by molar-refractivity contribution is 7.91. The van der Waals surface area contributed by atoms with Crippen molar-refractivity contribution in [2.24, 2.45) is 0 Å². The first kappa shape index (κ1) is 15.3. The Hall–Kier alpha value is -1.14. The standard InChI is InChI=1S/C14H22N2O3S/c1-10(2)15-8-13-14(5-4-11(3)16-13)19-12-6-7-20(17,18)9-12/h4-5,10,12,15H,6-9H2,1-3H3. The number of pyridine rings is 1. The van der Waals surface area contributed by atoms with Crippen molar-refractivity contribution in [3.8, 4) is 5.75 Å². The third-order valence-electron chi connectivity index (χ3n) is 3.23. The van der Waals surface area contributed by atoms with Gasteiger partial charge in [0.05, 0.1) is 17.2 Å². The third-order valence-corrected chi connectivity index (χ3v) is 4.97. The second-order valence-electron chi connectivity index (χ2n) is 5.58. The third kappa shape index (κ3) is 4.18. The molecule has 0 saturated carbocycles. The van der Waals surface area contributed by atoms with Gasteiger partial charge in [0.15, 0.2) is 9.84 Å². The maximum absolute atomic E-state index is 11.5. The Morgan fingerprint density at radius 2 is 2.20 bits per heavy atom. The molecule has 2 heterocycles. The minimum absolute atomic E-state index is 0.109. The molecule has 112 valence electrons. The largest absolute Gasteiger partial charge is 0.487 e. The molecule has 0 bridgehead atoms. The van der Waals surface area contributed by atoms with E-state index in [-0.39, 0.29) is 17.6 Å². The molecule has 1 atom stereocenters. The molecule has 1 aromatic heterocycles. The fourth-order valence-electron chi connectivity index (χ4n) is 2.17. The molecule has 1 N–H and O–H groups in total. The number of aromatic nitrogens is 1. The van der Waals surface area contributed by atoms with Crippen molar-refractivity contribution in [3.05, 3.63) is 23.5 Å². The molecule has 0 spiro atoms. The number of ether oxygens (including phenoxy) is 1. The Bertz CT molecular complexity index is 570. The van der Waals surface area contributed by atoms with Crippen LogP contribution in [0, 0.1) is 6.92 Å². The molecule has 0 radical (unpaired) electrons. The van der Waals surface area contributed by atoms with Crippen LogP contribution in [0.25, 0.3) is 0 Å². The molecule has 1 fully saturated rings. The van der Waals surface area contributed by atoms with E-state index in [1.807, 2.05) is 19.1 Å². The quantitative estimate of drug-likeness (QED) is 0.891. The van der Waals surface area contributed by atoms with Crippen LogP contribution >= 0.6 is 0 Å². The van der Waals surface area contributed by atoms with E-state index in [2.05, 4.69) is 24.1 Å². The van der Waals surface area contributed by atoms with Crippen LogP contribution in [0.1, 0.15) is 31.7 Å². The highest BCUT2D eigenvalue weighted by atomic mass is 32.2. The van der Waals surface area contributed by atoms with Crippen molar-refractivity contribution < 1.29 is 13.2 Å². The lowest BCUT2D eigenvalue weighted by Crippen LogP contribution is -2.24. The molecule has 5 nitrogen and oxygen atoms in total. The lowest BCUT2D eigenvalue weighted by atomic mass is 10.2. The van der Waals surface area contributed by atoms with Crippen LogP contribution in [0.15, 0.2) is 12.1 Å². The second-order valence-corrected chi connectivity index (χ2v) is 7.80. The summed E-state index contributed by atoms with van der Waals surface area (Å²) in [7, 11) is -2.92. The molecule has 0 aromatic carbocycles. The first-order valence-electron chi connectivity index (χ1n) is 6.93. The molecule has 1 unspecified atom stereocenters. The molecule has 1 aromatic rings. The van der Waals surface area contributed by atoms with Crippen LogP contribution in [0.3, 0.4) is 0 Å². The molecule has 1 aliphatic heterocycles. The number of hydrogen-bond acceptors (Lipinski definition) is 5. The number of sulfone groups is 1. The van der Waals surface area contributed by atoms with Crippen LogP contribution in [-0.4, -0.2) is 37.1 Å². The van der Waals surface area contributed by atoms with Crippen molar-refractivity contribution in [3.63, 3.8) is 0 Å². The van der Waals surface area contributed by atoms with Gasteiger partial charge in [-0.25, -0.2) is 8.42 Å². The van der Waals surface area contributed by atoms with E-state index < -0.39 is 9.84 Å². The zero-order valence-corrected chi connectivity index (χ0v) is 13.0. The van der Waals surface area contributed by atoms with Crippen molar-refractivity contribution in [1.82, 2.24) is 10.3 Å². The number of rotatable bonds is 5. The minimum Gasteiger partial charge on any atom is -0.487 e. The zero-order valence-electron chi connectivity index (χ0n) is 12.2. The molecule has 0 aliphatic carbocycles. The van der Waals surface area contributed by atoms with Crippen molar-refractivity contribution in [1.29, 1.82) is 0 Å². The van der Waals surface area contributed by atoms with E-state index in [0.29, 0.717) is 24.8 Å². The highest BCUT2D eigenvalue weighted by Crippen LogP contribution is 2.23. The predicted molar refractivity (Wildman–Crippen MR) is 78.6 cm³/mol. The van der Waals surface area contributed by atoms with E-state index in [0.717, 1.165) is 11.4 Å². The average Bonchev–Trinajstić information content (AvgIpc) is 2.69. The molecule has 2 rings (SSSR count). The Kier molecular flexibility index (Phi) is 4.65. The number of hydrogen-bond donors (Lipinski definition) is 1. The van der Waals surface area contributed by atoms with Crippen molar-refractivity contribution in [2.75, 3.05) is 11.5 Å². The first-order chi connectivity index (χ1) is 9.35. The molecular weight excluding hydrogens is 276 g/mol. The molecular formula is C14H22N2O3S. The van der Waals surface area contributed by atoms with Gasteiger partial charge in [-0.2, -0.15) is 0 Å². The predicted octanol–water partition coefficient (Wildman–Crippen LogP) is 1.45. The zero-order chi connectivity index (χ0) is 14.8. The molecule has 20 heavy (non-hydrogen) atoms. The number of aryl methyl sites for hydroxylation is 1. The van der Waals surface area contributed by atoms with E-state index in [9.17, 15) is 8.42 Å². The Labute approximate surface area is 120 Å². The van der Waals surface area contributed by atoms with Crippen LogP contribution in [0.2, 0.25) is 0 Å². The summed E-state index contributed by atoms with van der Waals surface area (Å²) >= 11 is 0. The van der Waals surface area contributed by atoms with Gasteiger partial charge in [0.1, 0.15) is 11.9 Å². The molecule has 0 amide bonds. The maximum Gasteiger partial charge on any atom is 0.154 e. The fourth-order valence-corrected chi connectivity index (χ4v) is 3.76. The highest BCUT2D eigenvalue weighted by Gasteiger charge is 2.29. The Balaban J connectivity index is 2.10. The van der Waals surface area contributed by atoms with Crippen molar-refractivity contribution >= 4 is 9.84 Å². The SMILES string of the molecule is Cc1ccc(OC2CCS(=O)(=O)C2)c(CNC(C)C)n1. The minimum atomic E-state index is -2.92. The second kappa shape index (κ2) is 6.10. The lowest BCUT2D eigenvalue weighted by Gasteiger charge is -2.16. The number of nitrogens with one attached hydrogen (secondary N) is 1. The summed E-state index contributed by atoms with van der Waals surface area (Å²) in [4.78, 5) is 4.49. The summed E-state index contributed by atoms with van der Waals surface area (Å²) < 4.78 is 28.8. The molecule has 6 heteroatoms. The van der Waals surface area contributed by atoms with Crippen LogP contribution < -0.4 is 10.1 Å². The van der Waals surface area contributed by atoms with E-state index >= 15 is 0 Å². The smallest absolute Gasteiger partial charge is 0.154 e. The summed E-state index contributed by atoms with van der Waals surface area (Å²) in [6, 6.07) is 4.12. The van der Waals surface area contributed by atoms with Gasteiger partial charge in [-0.3, -0.25) is 4.98 Å². The Morgan fingerprint density at radius 1 is 1.45 bits per heavy atom. The van der Waals surface area contributed by atoms with E-state index in [1.165, 1.54) is 0 Å². The van der Waals surface area contributed by atoms with E-state index in [4.69, 9.17) is 4.74 Å². The van der Waals surface area contributed by atoms with Gasteiger partial charge in [-0.15, -0.1) is 0 Å². The fraction of sp³-hybridized carbons (Fsp3) is 0.643. The summed E-state index contributed by atoms with van der Waals surface area (Å²) in [6.07, 6.45) is 0.315. The van der Waals surface area contributed by atoms with E-state index in [1.54, 1.807) is 0 Å². The molecule has 1 aliphatic rings. The van der Waals surface area contributed by atoms with Crippen molar-refractivity contribution in [2.45, 2.75) is 45.9 Å². The normalized spacial score (nSPS) is 21.3. The maximum atomic E-state index is 11.5. The first-order valence-corrected chi connectivity index (χ1v) is 8.75. The summed E-state index contributed by atoms with van der Waals surface area (Å²) in [6.45, 7) is 6.69. The lowest BCUT2D eigenvalue weighted by molar-refractivity contribution is 0.224.